The minimum Gasteiger partial charge on any atom is -0.497 e. The molecule has 2 saturated heterocycles. The van der Waals surface area contributed by atoms with Crippen LogP contribution in [0.1, 0.15) is 31.4 Å². The third kappa shape index (κ3) is 3.01. The van der Waals surface area contributed by atoms with Gasteiger partial charge in [0.2, 0.25) is 0 Å². The number of benzene rings is 1. The second-order valence-corrected chi connectivity index (χ2v) is 6.24. The smallest absolute Gasteiger partial charge is 0.127 e. The topological polar surface area (TPSA) is 33.7 Å². The molecule has 4 atom stereocenters. The highest BCUT2D eigenvalue weighted by Crippen LogP contribution is 2.32. The molecule has 1 N–H and O–H groups in total. The Balaban J connectivity index is 1.71. The van der Waals surface area contributed by atoms with Crippen LogP contribution in [0.25, 0.3) is 0 Å². The summed E-state index contributed by atoms with van der Waals surface area (Å²) in [6.45, 7) is 6.01. The molecule has 4 heteroatoms. The van der Waals surface area contributed by atoms with Crippen molar-refractivity contribution in [1.82, 2.24) is 10.2 Å². The number of methoxy groups -OCH3 is 2. The van der Waals surface area contributed by atoms with E-state index in [9.17, 15) is 0 Å². The van der Waals surface area contributed by atoms with E-state index in [4.69, 9.17) is 9.47 Å². The summed E-state index contributed by atoms with van der Waals surface area (Å²) in [4.78, 5) is 2.58. The number of rotatable bonds is 5. The SMILES string of the molecule is COc1ccc(C(C)NC2CCN3CCC2C3)c(OC)c1. The average molecular weight is 290 g/mol. The van der Waals surface area contributed by atoms with E-state index in [0.29, 0.717) is 12.1 Å². The second-order valence-electron chi connectivity index (χ2n) is 6.24. The van der Waals surface area contributed by atoms with Gasteiger partial charge in [0.15, 0.2) is 0 Å². The van der Waals surface area contributed by atoms with Crippen LogP contribution in [0.2, 0.25) is 0 Å². The first-order chi connectivity index (χ1) is 10.2. The molecule has 4 unspecified atom stereocenters. The van der Waals surface area contributed by atoms with Gasteiger partial charge in [-0.15, -0.1) is 0 Å². The largest absolute Gasteiger partial charge is 0.497 e. The van der Waals surface area contributed by atoms with Crippen molar-refractivity contribution in [2.24, 2.45) is 5.92 Å². The number of fused-ring (bicyclic) bond motifs is 2. The zero-order valence-electron chi connectivity index (χ0n) is 13.3. The Bertz CT molecular complexity index is 492. The van der Waals surface area contributed by atoms with Crippen molar-refractivity contribution in [3.8, 4) is 11.5 Å². The molecule has 2 aliphatic heterocycles. The van der Waals surface area contributed by atoms with E-state index in [2.05, 4.69) is 23.2 Å². The standard InChI is InChI=1S/C17H26N2O2/c1-12(15-5-4-14(20-2)10-17(15)21-3)18-16-7-9-19-8-6-13(16)11-19/h4-5,10,12-13,16,18H,6-9,11H2,1-3H3. The Labute approximate surface area is 127 Å². The van der Waals surface area contributed by atoms with E-state index in [1.165, 1.54) is 38.0 Å². The normalized spacial score (nSPS) is 29.2. The van der Waals surface area contributed by atoms with Gasteiger partial charge in [0.25, 0.3) is 0 Å². The van der Waals surface area contributed by atoms with E-state index in [1.807, 2.05) is 12.1 Å². The molecule has 0 spiro atoms. The number of nitrogens with one attached hydrogen (secondary N) is 1. The summed E-state index contributed by atoms with van der Waals surface area (Å²) in [5, 5.41) is 3.83. The molecule has 0 aliphatic carbocycles. The molecular formula is C17H26N2O2. The first kappa shape index (κ1) is 14.7. The first-order valence-corrected chi connectivity index (χ1v) is 7.91. The van der Waals surface area contributed by atoms with Crippen molar-refractivity contribution >= 4 is 0 Å². The van der Waals surface area contributed by atoms with Crippen molar-refractivity contribution in [1.29, 1.82) is 0 Å². The summed E-state index contributed by atoms with van der Waals surface area (Å²) in [7, 11) is 3.41. The lowest BCUT2D eigenvalue weighted by atomic mass is 9.92. The van der Waals surface area contributed by atoms with E-state index in [-0.39, 0.29) is 0 Å². The van der Waals surface area contributed by atoms with E-state index in [0.717, 1.165) is 17.4 Å². The second kappa shape index (κ2) is 6.24. The summed E-state index contributed by atoms with van der Waals surface area (Å²) < 4.78 is 10.8. The van der Waals surface area contributed by atoms with Gasteiger partial charge in [-0.25, -0.2) is 0 Å². The van der Waals surface area contributed by atoms with Gasteiger partial charge in [0, 0.05) is 30.3 Å². The molecule has 1 aromatic carbocycles. The van der Waals surface area contributed by atoms with Crippen molar-refractivity contribution in [2.45, 2.75) is 31.8 Å². The molecule has 21 heavy (non-hydrogen) atoms. The monoisotopic (exact) mass is 290 g/mol. The minimum atomic E-state index is 0.294. The zero-order valence-corrected chi connectivity index (χ0v) is 13.3. The first-order valence-electron chi connectivity index (χ1n) is 7.91. The third-order valence-electron chi connectivity index (χ3n) is 5.01. The Hall–Kier alpha value is -1.26. The van der Waals surface area contributed by atoms with Gasteiger partial charge in [-0.2, -0.15) is 0 Å². The summed E-state index contributed by atoms with van der Waals surface area (Å²) in [6.07, 6.45) is 2.59. The molecule has 1 aromatic rings. The molecule has 2 bridgehead atoms. The van der Waals surface area contributed by atoms with Gasteiger partial charge in [-0.3, -0.25) is 0 Å². The van der Waals surface area contributed by atoms with Crippen molar-refractivity contribution in [2.75, 3.05) is 33.9 Å². The van der Waals surface area contributed by atoms with Gasteiger partial charge in [-0.05, 0) is 44.8 Å². The van der Waals surface area contributed by atoms with Crippen LogP contribution < -0.4 is 14.8 Å². The number of piperidine rings is 1. The molecule has 2 heterocycles. The predicted molar refractivity (Wildman–Crippen MR) is 84.0 cm³/mol. The fourth-order valence-electron chi connectivity index (χ4n) is 3.76. The zero-order chi connectivity index (χ0) is 14.8. The molecular weight excluding hydrogens is 264 g/mol. The van der Waals surface area contributed by atoms with Crippen molar-refractivity contribution in [3.05, 3.63) is 23.8 Å². The number of ether oxygens (including phenoxy) is 2. The van der Waals surface area contributed by atoms with Gasteiger partial charge in [0.05, 0.1) is 14.2 Å². The molecule has 116 valence electrons. The number of nitrogens with zero attached hydrogens (tertiary/aromatic N) is 1. The number of hydrogen-bond acceptors (Lipinski definition) is 4. The van der Waals surface area contributed by atoms with Gasteiger partial charge in [-0.1, -0.05) is 6.07 Å². The lowest BCUT2D eigenvalue weighted by Gasteiger charge is -2.33. The van der Waals surface area contributed by atoms with E-state index in [1.54, 1.807) is 14.2 Å². The Morgan fingerprint density at radius 2 is 2.00 bits per heavy atom. The molecule has 0 saturated carbocycles. The molecule has 3 rings (SSSR count). The average Bonchev–Trinajstić information content (AvgIpc) is 2.91. The fourth-order valence-corrected chi connectivity index (χ4v) is 3.76. The third-order valence-corrected chi connectivity index (χ3v) is 5.01. The highest BCUT2D eigenvalue weighted by Gasteiger charge is 2.34. The van der Waals surface area contributed by atoms with Crippen LogP contribution in [0.15, 0.2) is 18.2 Å². The lowest BCUT2D eigenvalue weighted by molar-refractivity contribution is 0.211. The van der Waals surface area contributed by atoms with Crippen LogP contribution in [0.4, 0.5) is 0 Å². The maximum atomic E-state index is 5.53. The maximum Gasteiger partial charge on any atom is 0.127 e. The Morgan fingerprint density at radius 3 is 2.76 bits per heavy atom. The van der Waals surface area contributed by atoms with Crippen molar-refractivity contribution < 1.29 is 9.47 Å². The molecule has 4 nitrogen and oxygen atoms in total. The fraction of sp³-hybridized carbons (Fsp3) is 0.647. The van der Waals surface area contributed by atoms with Crippen LogP contribution >= 0.6 is 0 Å². The van der Waals surface area contributed by atoms with E-state index >= 15 is 0 Å². The highest BCUT2D eigenvalue weighted by atomic mass is 16.5. The Morgan fingerprint density at radius 1 is 1.19 bits per heavy atom. The highest BCUT2D eigenvalue weighted by molar-refractivity contribution is 5.42. The molecule has 2 aliphatic rings. The summed E-state index contributed by atoms with van der Waals surface area (Å²) >= 11 is 0. The molecule has 0 aromatic heterocycles. The van der Waals surface area contributed by atoms with Crippen LogP contribution in [-0.2, 0) is 0 Å². The van der Waals surface area contributed by atoms with Crippen LogP contribution in [0.3, 0.4) is 0 Å². The summed E-state index contributed by atoms with van der Waals surface area (Å²) in [5.41, 5.74) is 1.21. The molecule has 0 amide bonds. The molecule has 2 fully saturated rings. The maximum absolute atomic E-state index is 5.53. The lowest BCUT2D eigenvalue weighted by Crippen LogP contribution is -2.44. The molecule has 0 radical (unpaired) electrons. The van der Waals surface area contributed by atoms with Gasteiger partial charge < -0.3 is 19.7 Å². The number of hydrogen-bond donors (Lipinski definition) is 1. The van der Waals surface area contributed by atoms with Crippen LogP contribution in [0.5, 0.6) is 11.5 Å². The quantitative estimate of drug-likeness (QED) is 0.903. The van der Waals surface area contributed by atoms with Gasteiger partial charge in [0.1, 0.15) is 11.5 Å². The Kier molecular flexibility index (Phi) is 4.36. The van der Waals surface area contributed by atoms with Crippen LogP contribution in [0, 0.1) is 5.92 Å². The van der Waals surface area contributed by atoms with E-state index < -0.39 is 0 Å². The van der Waals surface area contributed by atoms with Crippen LogP contribution in [-0.4, -0.2) is 44.8 Å². The van der Waals surface area contributed by atoms with Crippen molar-refractivity contribution in [3.63, 3.8) is 0 Å². The predicted octanol–water partition coefficient (Wildman–Crippen LogP) is 2.45. The minimum absolute atomic E-state index is 0.294. The summed E-state index contributed by atoms with van der Waals surface area (Å²) in [5.74, 6) is 2.55. The summed E-state index contributed by atoms with van der Waals surface area (Å²) in [6, 6.07) is 7.01. The van der Waals surface area contributed by atoms with Gasteiger partial charge >= 0.3 is 0 Å².